The Morgan fingerprint density at radius 3 is 2.48 bits per heavy atom. The molecule has 1 aromatic heterocycles. The van der Waals surface area contributed by atoms with Gasteiger partial charge in [0, 0.05) is 25.3 Å². The summed E-state index contributed by atoms with van der Waals surface area (Å²) in [6.07, 6.45) is -2.79. The first-order valence-corrected chi connectivity index (χ1v) is 15.2. The molecule has 5 rings (SSSR count). The van der Waals surface area contributed by atoms with Crippen LogP contribution in [0.25, 0.3) is 6.08 Å². The number of thiazole rings is 1. The van der Waals surface area contributed by atoms with Crippen LogP contribution < -0.4 is 29.3 Å². The summed E-state index contributed by atoms with van der Waals surface area (Å²) in [6, 6.07) is 16.7. The quantitative estimate of drug-likeness (QED) is 0.224. The van der Waals surface area contributed by atoms with Gasteiger partial charge >= 0.3 is 12.1 Å². The number of allylic oxidation sites excluding steroid dienone is 1. The zero-order valence-corrected chi connectivity index (χ0v) is 26.7. The highest BCUT2D eigenvalue weighted by molar-refractivity contribution is 7.07. The van der Waals surface area contributed by atoms with E-state index in [1.165, 1.54) is 35.1 Å². The fourth-order valence-corrected chi connectivity index (χ4v) is 6.18. The lowest BCUT2D eigenvalue weighted by atomic mass is 9.95. The third-order valence-electron chi connectivity index (χ3n) is 7.40. The highest BCUT2D eigenvalue weighted by Crippen LogP contribution is 2.33. The monoisotopic (exact) mass is 651 g/mol. The van der Waals surface area contributed by atoms with Crippen LogP contribution in [0.4, 0.5) is 18.9 Å². The maximum atomic E-state index is 14.0. The van der Waals surface area contributed by atoms with Crippen molar-refractivity contribution in [3.63, 3.8) is 0 Å². The number of rotatable bonds is 9. The van der Waals surface area contributed by atoms with E-state index >= 15 is 0 Å². The van der Waals surface area contributed by atoms with E-state index in [0.717, 1.165) is 23.4 Å². The van der Waals surface area contributed by atoms with Crippen molar-refractivity contribution in [2.24, 2.45) is 4.99 Å². The molecule has 0 fully saturated rings. The Morgan fingerprint density at radius 1 is 1.09 bits per heavy atom. The molecule has 3 aromatic carbocycles. The largest absolute Gasteiger partial charge is 0.496 e. The second kappa shape index (κ2) is 13.3. The third-order valence-corrected chi connectivity index (χ3v) is 8.38. The summed E-state index contributed by atoms with van der Waals surface area (Å²) in [5.41, 5.74) is 2.51. The fraction of sp³-hybridized carbons (Fsp3) is 0.265. The van der Waals surface area contributed by atoms with E-state index in [2.05, 4.69) is 4.99 Å². The number of fused-ring (bicyclic) bond motifs is 1. The number of anilines is 1. The minimum absolute atomic E-state index is 0.0574. The minimum Gasteiger partial charge on any atom is -0.496 e. The summed E-state index contributed by atoms with van der Waals surface area (Å²) >= 11 is 1.19. The van der Waals surface area contributed by atoms with Gasteiger partial charge in [-0.1, -0.05) is 35.6 Å². The van der Waals surface area contributed by atoms with Crippen LogP contribution >= 0.6 is 11.3 Å². The van der Waals surface area contributed by atoms with Crippen molar-refractivity contribution in [3.05, 3.63) is 120 Å². The van der Waals surface area contributed by atoms with Crippen molar-refractivity contribution < 1.29 is 32.2 Å². The van der Waals surface area contributed by atoms with E-state index in [1.807, 2.05) is 43.3 Å². The Hall–Kier alpha value is -4.84. The van der Waals surface area contributed by atoms with E-state index in [1.54, 1.807) is 38.1 Å². The molecule has 0 bridgehead atoms. The van der Waals surface area contributed by atoms with Crippen molar-refractivity contribution in [1.29, 1.82) is 0 Å². The van der Waals surface area contributed by atoms with Crippen molar-refractivity contribution in [2.75, 3.05) is 32.7 Å². The van der Waals surface area contributed by atoms with Gasteiger partial charge in [0.05, 0.1) is 41.1 Å². The molecule has 1 atom stereocenters. The van der Waals surface area contributed by atoms with E-state index in [4.69, 9.17) is 14.2 Å². The number of carbonyl (C=O) groups excluding carboxylic acids is 1. The van der Waals surface area contributed by atoms with Crippen LogP contribution in [-0.4, -0.2) is 38.3 Å². The van der Waals surface area contributed by atoms with Crippen LogP contribution in [0.1, 0.15) is 42.1 Å². The standard InChI is InChI=1S/C34H32F3N3O5S/c1-6-44-32(42)29-20(2)38-33-40(30(29)22-11-13-25(14-12-22)39(3)4)31(41)28(46-33)17-21-10-15-27(43-5)23(16-21)19-45-26-9-7-8-24(18-26)34(35,36)37/h7-18,30H,6,19H2,1-5H3/b28-17-/t30-/m0/s1. The van der Waals surface area contributed by atoms with Gasteiger partial charge < -0.3 is 19.1 Å². The molecule has 0 saturated carbocycles. The number of carbonyl (C=O) groups is 1. The summed E-state index contributed by atoms with van der Waals surface area (Å²) in [5, 5.41) is 0. The summed E-state index contributed by atoms with van der Waals surface area (Å²) in [4.78, 5) is 34.2. The van der Waals surface area contributed by atoms with Crippen LogP contribution in [0.3, 0.4) is 0 Å². The number of hydrogen-bond donors (Lipinski definition) is 0. The molecule has 0 saturated heterocycles. The van der Waals surface area contributed by atoms with E-state index in [9.17, 15) is 22.8 Å². The molecule has 0 aliphatic carbocycles. The number of benzene rings is 3. The Balaban J connectivity index is 1.55. The molecular weight excluding hydrogens is 619 g/mol. The highest BCUT2D eigenvalue weighted by Gasteiger charge is 2.33. The highest BCUT2D eigenvalue weighted by atomic mass is 32.1. The van der Waals surface area contributed by atoms with Crippen molar-refractivity contribution >= 4 is 29.1 Å². The number of methoxy groups -OCH3 is 1. The molecule has 240 valence electrons. The van der Waals surface area contributed by atoms with Crippen LogP contribution in [-0.2, 0) is 22.3 Å². The predicted molar refractivity (Wildman–Crippen MR) is 170 cm³/mol. The Bertz CT molecular complexity index is 1980. The SMILES string of the molecule is CCOC(=O)C1=C(C)N=c2s/c(=C\c3ccc(OC)c(COc4cccc(C(F)(F)F)c4)c3)c(=O)n2[C@H]1c1ccc(N(C)C)cc1. The van der Waals surface area contributed by atoms with Gasteiger partial charge in [0.1, 0.15) is 18.1 Å². The molecule has 4 aromatic rings. The first-order chi connectivity index (χ1) is 21.9. The molecular formula is C34H32F3N3O5S. The average molecular weight is 652 g/mol. The maximum absolute atomic E-state index is 14.0. The summed E-state index contributed by atoms with van der Waals surface area (Å²) in [5.74, 6) is -0.0104. The smallest absolute Gasteiger partial charge is 0.416 e. The van der Waals surface area contributed by atoms with Gasteiger partial charge in [-0.15, -0.1) is 0 Å². The van der Waals surface area contributed by atoms with Crippen molar-refractivity contribution in [1.82, 2.24) is 4.57 Å². The van der Waals surface area contributed by atoms with Gasteiger partial charge in [0.15, 0.2) is 4.80 Å². The van der Waals surface area contributed by atoms with E-state index in [0.29, 0.717) is 31.9 Å². The summed E-state index contributed by atoms with van der Waals surface area (Å²) in [7, 11) is 5.33. The number of alkyl halides is 3. The number of ether oxygens (including phenoxy) is 3. The molecule has 1 aliphatic heterocycles. The zero-order chi connectivity index (χ0) is 33.2. The van der Waals surface area contributed by atoms with Crippen molar-refractivity contribution in [2.45, 2.75) is 32.7 Å². The number of aromatic nitrogens is 1. The van der Waals surface area contributed by atoms with Gasteiger partial charge in [-0.2, -0.15) is 13.2 Å². The van der Waals surface area contributed by atoms with Gasteiger partial charge in [-0.25, -0.2) is 9.79 Å². The molecule has 12 heteroatoms. The van der Waals surface area contributed by atoms with Gasteiger partial charge in [-0.05, 0) is 73.5 Å². The topological polar surface area (TPSA) is 82.4 Å². The van der Waals surface area contributed by atoms with Crippen LogP contribution in [0.5, 0.6) is 11.5 Å². The van der Waals surface area contributed by atoms with Crippen LogP contribution in [0.15, 0.2) is 87.8 Å². The van der Waals surface area contributed by atoms with E-state index in [-0.39, 0.29) is 30.1 Å². The third kappa shape index (κ3) is 6.71. The van der Waals surface area contributed by atoms with Crippen molar-refractivity contribution in [3.8, 4) is 11.5 Å². The summed E-state index contributed by atoms with van der Waals surface area (Å²) < 4.78 is 57.9. The van der Waals surface area contributed by atoms with Gasteiger partial charge in [-0.3, -0.25) is 9.36 Å². The number of hydrogen-bond acceptors (Lipinski definition) is 8. The molecule has 0 spiro atoms. The molecule has 46 heavy (non-hydrogen) atoms. The lowest BCUT2D eigenvalue weighted by Crippen LogP contribution is -2.39. The average Bonchev–Trinajstić information content (AvgIpc) is 3.32. The van der Waals surface area contributed by atoms with Crippen LogP contribution in [0.2, 0.25) is 0 Å². The van der Waals surface area contributed by atoms with Gasteiger partial charge in [0.25, 0.3) is 5.56 Å². The second-order valence-electron chi connectivity index (χ2n) is 10.7. The minimum atomic E-state index is -4.49. The molecule has 2 heterocycles. The lowest BCUT2D eigenvalue weighted by molar-refractivity contribution is -0.139. The molecule has 8 nitrogen and oxygen atoms in total. The number of esters is 1. The number of halogens is 3. The predicted octanol–water partition coefficient (Wildman–Crippen LogP) is 5.47. The molecule has 1 aliphatic rings. The zero-order valence-electron chi connectivity index (χ0n) is 25.8. The van der Waals surface area contributed by atoms with Crippen LogP contribution in [0, 0.1) is 0 Å². The Kier molecular flexibility index (Phi) is 9.38. The second-order valence-corrected chi connectivity index (χ2v) is 11.7. The number of nitrogens with zero attached hydrogens (tertiary/aromatic N) is 3. The first-order valence-electron chi connectivity index (χ1n) is 14.3. The Morgan fingerprint density at radius 2 is 1.83 bits per heavy atom. The van der Waals surface area contributed by atoms with Gasteiger partial charge in [0.2, 0.25) is 0 Å². The normalized spacial score (nSPS) is 14.9. The summed E-state index contributed by atoms with van der Waals surface area (Å²) in [6.45, 7) is 3.55. The first kappa shape index (κ1) is 32.6. The Labute approximate surface area is 267 Å². The molecule has 0 amide bonds. The fourth-order valence-electron chi connectivity index (χ4n) is 5.14. The molecule has 0 radical (unpaired) electrons. The lowest BCUT2D eigenvalue weighted by Gasteiger charge is -2.25. The maximum Gasteiger partial charge on any atom is 0.416 e. The molecule has 0 unspecified atom stereocenters. The van der Waals surface area contributed by atoms with E-state index < -0.39 is 23.8 Å². The molecule has 0 N–H and O–H groups in total.